The van der Waals surface area contributed by atoms with E-state index < -0.39 is 0 Å². The maximum Gasteiger partial charge on any atom is 0.115 e. The summed E-state index contributed by atoms with van der Waals surface area (Å²) >= 11 is 0. The summed E-state index contributed by atoms with van der Waals surface area (Å²) in [6.07, 6.45) is 2.00. The Morgan fingerprint density at radius 3 is 2.05 bits per heavy atom. The van der Waals surface area contributed by atoms with Gasteiger partial charge in [-0.15, -0.1) is 0 Å². The number of hydrogen-bond acceptors (Lipinski definition) is 2. The fourth-order valence-corrected chi connectivity index (χ4v) is 2.32. The molecular weight excluding hydrogens is 234 g/mol. The van der Waals surface area contributed by atoms with Crippen molar-refractivity contribution in [3.05, 3.63) is 65.7 Å². The SMILES string of the molecule is CCNC(Cc1ccccc1)Cc1ccc(O)cc1. The molecule has 0 aliphatic heterocycles. The molecule has 0 saturated carbocycles. The van der Waals surface area contributed by atoms with Gasteiger partial charge in [0.05, 0.1) is 0 Å². The van der Waals surface area contributed by atoms with E-state index in [1.807, 2.05) is 18.2 Å². The summed E-state index contributed by atoms with van der Waals surface area (Å²) < 4.78 is 0. The lowest BCUT2D eigenvalue weighted by molar-refractivity contribution is 0.474. The lowest BCUT2D eigenvalue weighted by Gasteiger charge is -2.18. The minimum absolute atomic E-state index is 0.326. The summed E-state index contributed by atoms with van der Waals surface area (Å²) in [6, 6.07) is 18.5. The van der Waals surface area contributed by atoms with Gasteiger partial charge in [0.15, 0.2) is 0 Å². The number of nitrogens with one attached hydrogen (secondary N) is 1. The Kier molecular flexibility index (Phi) is 4.99. The van der Waals surface area contributed by atoms with Crippen molar-refractivity contribution in [3.63, 3.8) is 0 Å². The number of rotatable bonds is 6. The van der Waals surface area contributed by atoms with E-state index in [9.17, 15) is 5.11 Å². The maximum atomic E-state index is 9.31. The van der Waals surface area contributed by atoms with Gasteiger partial charge >= 0.3 is 0 Å². The fraction of sp³-hybridized carbons (Fsp3) is 0.294. The number of aromatic hydroxyl groups is 1. The van der Waals surface area contributed by atoms with Gasteiger partial charge in [-0.3, -0.25) is 0 Å². The molecule has 0 aliphatic carbocycles. The van der Waals surface area contributed by atoms with Crippen molar-refractivity contribution in [2.45, 2.75) is 25.8 Å². The lowest BCUT2D eigenvalue weighted by Crippen LogP contribution is -2.33. The number of benzene rings is 2. The summed E-state index contributed by atoms with van der Waals surface area (Å²) in [6.45, 7) is 3.10. The van der Waals surface area contributed by atoms with E-state index in [-0.39, 0.29) is 0 Å². The van der Waals surface area contributed by atoms with Crippen molar-refractivity contribution in [2.24, 2.45) is 0 Å². The molecule has 0 aromatic heterocycles. The summed E-state index contributed by atoms with van der Waals surface area (Å²) in [5, 5.41) is 12.8. The molecule has 0 bridgehead atoms. The first kappa shape index (κ1) is 13.6. The third kappa shape index (κ3) is 4.42. The second-order valence-electron chi connectivity index (χ2n) is 4.81. The number of likely N-dealkylation sites (N-methyl/N-ethyl adjacent to an activating group) is 1. The quantitative estimate of drug-likeness (QED) is 0.831. The van der Waals surface area contributed by atoms with Gasteiger partial charge in [0.2, 0.25) is 0 Å². The van der Waals surface area contributed by atoms with Gasteiger partial charge in [-0.1, -0.05) is 49.4 Å². The molecule has 1 atom stereocenters. The zero-order valence-electron chi connectivity index (χ0n) is 11.3. The zero-order valence-corrected chi connectivity index (χ0v) is 11.3. The predicted molar refractivity (Wildman–Crippen MR) is 79.4 cm³/mol. The second-order valence-corrected chi connectivity index (χ2v) is 4.81. The highest BCUT2D eigenvalue weighted by molar-refractivity contribution is 5.27. The van der Waals surface area contributed by atoms with Gasteiger partial charge in [0.25, 0.3) is 0 Å². The van der Waals surface area contributed by atoms with E-state index in [2.05, 4.69) is 36.5 Å². The molecule has 0 amide bonds. The Balaban J connectivity index is 2.01. The monoisotopic (exact) mass is 255 g/mol. The molecule has 1 unspecified atom stereocenters. The van der Waals surface area contributed by atoms with E-state index in [4.69, 9.17) is 0 Å². The van der Waals surface area contributed by atoms with Crippen molar-refractivity contribution in [2.75, 3.05) is 6.54 Å². The highest BCUT2D eigenvalue weighted by Crippen LogP contribution is 2.13. The van der Waals surface area contributed by atoms with Crippen LogP contribution in [0.4, 0.5) is 0 Å². The Bertz CT molecular complexity index is 478. The van der Waals surface area contributed by atoms with Crippen LogP contribution in [-0.2, 0) is 12.8 Å². The van der Waals surface area contributed by atoms with E-state index in [1.165, 1.54) is 11.1 Å². The van der Waals surface area contributed by atoms with Crippen LogP contribution in [0.3, 0.4) is 0 Å². The molecule has 100 valence electrons. The van der Waals surface area contributed by atoms with Gasteiger partial charge in [-0.25, -0.2) is 0 Å². The van der Waals surface area contributed by atoms with Gasteiger partial charge in [0.1, 0.15) is 5.75 Å². The van der Waals surface area contributed by atoms with Crippen LogP contribution in [0.5, 0.6) is 5.75 Å². The van der Waals surface area contributed by atoms with Crippen LogP contribution in [0.2, 0.25) is 0 Å². The van der Waals surface area contributed by atoms with Crippen molar-refractivity contribution >= 4 is 0 Å². The lowest BCUT2D eigenvalue weighted by atomic mass is 9.99. The summed E-state index contributed by atoms with van der Waals surface area (Å²) in [5.41, 5.74) is 2.60. The van der Waals surface area contributed by atoms with Crippen molar-refractivity contribution in [1.82, 2.24) is 5.32 Å². The summed E-state index contributed by atoms with van der Waals surface area (Å²) in [7, 11) is 0. The molecule has 0 spiro atoms. The average molecular weight is 255 g/mol. The first-order valence-electron chi connectivity index (χ1n) is 6.83. The fourth-order valence-electron chi connectivity index (χ4n) is 2.32. The van der Waals surface area contributed by atoms with Gasteiger partial charge in [-0.05, 0) is 42.6 Å². The van der Waals surface area contributed by atoms with E-state index in [1.54, 1.807) is 12.1 Å². The Hall–Kier alpha value is -1.80. The van der Waals surface area contributed by atoms with E-state index in [0.717, 1.165) is 19.4 Å². The summed E-state index contributed by atoms with van der Waals surface area (Å²) in [4.78, 5) is 0. The highest BCUT2D eigenvalue weighted by atomic mass is 16.3. The smallest absolute Gasteiger partial charge is 0.115 e. The van der Waals surface area contributed by atoms with E-state index in [0.29, 0.717) is 11.8 Å². The molecule has 2 N–H and O–H groups in total. The number of phenols is 1. The van der Waals surface area contributed by atoms with Crippen LogP contribution in [0.15, 0.2) is 54.6 Å². The van der Waals surface area contributed by atoms with Crippen molar-refractivity contribution in [3.8, 4) is 5.75 Å². The van der Waals surface area contributed by atoms with E-state index >= 15 is 0 Å². The number of phenolic OH excluding ortho intramolecular Hbond substituents is 1. The molecule has 0 fully saturated rings. The Morgan fingerprint density at radius 2 is 1.47 bits per heavy atom. The first-order valence-corrected chi connectivity index (χ1v) is 6.83. The molecule has 2 aromatic rings. The molecule has 0 saturated heterocycles. The maximum absolute atomic E-state index is 9.31. The zero-order chi connectivity index (χ0) is 13.5. The van der Waals surface area contributed by atoms with Gasteiger partial charge in [-0.2, -0.15) is 0 Å². The van der Waals surface area contributed by atoms with Crippen LogP contribution in [0, 0.1) is 0 Å². The molecule has 0 heterocycles. The largest absolute Gasteiger partial charge is 0.508 e. The molecule has 0 aliphatic rings. The Morgan fingerprint density at radius 1 is 0.895 bits per heavy atom. The second kappa shape index (κ2) is 6.95. The minimum Gasteiger partial charge on any atom is -0.508 e. The third-order valence-corrected chi connectivity index (χ3v) is 3.24. The predicted octanol–water partition coefficient (Wildman–Crippen LogP) is 3.16. The topological polar surface area (TPSA) is 32.3 Å². The van der Waals surface area contributed by atoms with Crippen molar-refractivity contribution < 1.29 is 5.11 Å². The molecule has 2 aromatic carbocycles. The highest BCUT2D eigenvalue weighted by Gasteiger charge is 2.09. The molecule has 19 heavy (non-hydrogen) atoms. The normalized spacial score (nSPS) is 12.3. The van der Waals surface area contributed by atoms with Crippen molar-refractivity contribution in [1.29, 1.82) is 0 Å². The van der Waals surface area contributed by atoms with Crippen LogP contribution in [0.1, 0.15) is 18.1 Å². The number of hydrogen-bond donors (Lipinski definition) is 2. The summed E-state index contributed by atoms with van der Waals surface area (Å²) in [5.74, 6) is 0.326. The van der Waals surface area contributed by atoms with Crippen LogP contribution >= 0.6 is 0 Å². The standard InChI is InChI=1S/C17H21NO/c1-2-18-16(12-14-6-4-3-5-7-14)13-15-8-10-17(19)11-9-15/h3-11,16,18-19H,2,12-13H2,1H3. The van der Waals surface area contributed by atoms with Crippen LogP contribution in [0.25, 0.3) is 0 Å². The molecule has 2 nitrogen and oxygen atoms in total. The molecule has 0 radical (unpaired) electrons. The molecule has 2 heteroatoms. The average Bonchev–Trinajstić information content (AvgIpc) is 2.43. The minimum atomic E-state index is 0.326. The molecular formula is C17H21NO. The third-order valence-electron chi connectivity index (χ3n) is 3.24. The van der Waals surface area contributed by atoms with Gasteiger partial charge < -0.3 is 10.4 Å². The Labute approximate surface area is 115 Å². The van der Waals surface area contributed by atoms with Crippen LogP contribution < -0.4 is 5.32 Å². The van der Waals surface area contributed by atoms with Crippen LogP contribution in [-0.4, -0.2) is 17.7 Å². The first-order chi connectivity index (χ1) is 9.28. The van der Waals surface area contributed by atoms with Gasteiger partial charge in [0, 0.05) is 6.04 Å². The molecule has 2 rings (SSSR count).